The molecule has 4 heterocycles. The number of hydrogen-bond acceptors (Lipinski definition) is 4. The molecule has 5 rings (SSSR count). The van der Waals surface area contributed by atoms with Crippen LogP contribution in [0.15, 0.2) is 36.8 Å². The minimum absolute atomic E-state index is 0.000112. The molecule has 2 aliphatic rings. The molecule has 2 saturated heterocycles. The summed E-state index contributed by atoms with van der Waals surface area (Å²) in [4.78, 5) is 22.0. The van der Waals surface area contributed by atoms with Gasteiger partial charge in [-0.3, -0.25) is 0 Å². The molecule has 7 nitrogen and oxygen atoms in total. The molecule has 0 spiro atoms. The van der Waals surface area contributed by atoms with E-state index in [0.29, 0.717) is 11.8 Å². The minimum Gasteiger partial charge on any atom is -0.378 e. The van der Waals surface area contributed by atoms with Crippen LogP contribution in [0.5, 0.6) is 0 Å². The number of rotatable bonds is 4. The van der Waals surface area contributed by atoms with Gasteiger partial charge in [0, 0.05) is 56.0 Å². The maximum absolute atomic E-state index is 13.1. The number of imidazole rings is 1. The Morgan fingerprint density at radius 1 is 1.12 bits per heavy atom. The lowest BCUT2D eigenvalue weighted by atomic mass is 9.95. The molecule has 1 N–H and O–H groups in total. The van der Waals surface area contributed by atoms with Crippen LogP contribution in [0.25, 0.3) is 16.8 Å². The molecule has 3 aromatic rings. The molecule has 0 radical (unpaired) electrons. The highest BCUT2D eigenvalue weighted by Crippen LogP contribution is 2.34. The van der Waals surface area contributed by atoms with E-state index in [1.54, 1.807) is 0 Å². The summed E-state index contributed by atoms with van der Waals surface area (Å²) in [5.74, 6) is 1.19. The Morgan fingerprint density at radius 2 is 1.91 bits per heavy atom. The number of morpholine rings is 1. The molecule has 2 aromatic heterocycles. The first-order valence-corrected chi connectivity index (χ1v) is 12.4. The zero-order valence-corrected chi connectivity index (χ0v) is 20.7. The summed E-state index contributed by atoms with van der Waals surface area (Å²) in [6.07, 6.45) is 7.05. The number of hydrogen-bond donors (Lipinski definition) is 1. The number of amides is 2. The number of ether oxygens (including phenoxy) is 1. The standard InChI is InChI=1S/C27H35N5O2/c1-18(2)21-5-7-32(16-21)27(33)29-24-15-23(19(3)13-20(24)4)22-14-25(30-9-11-34-12-10-30)26-28-6-8-31(26)17-22/h6,8,13-15,17-18,21H,5,7,9-12,16H2,1-4H3,(H,29,33). The molecule has 34 heavy (non-hydrogen) atoms. The van der Waals surface area contributed by atoms with Crippen molar-refractivity contribution >= 4 is 23.1 Å². The van der Waals surface area contributed by atoms with E-state index in [4.69, 9.17) is 4.74 Å². The predicted molar refractivity (Wildman–Crippen MR) is 137 cm³/mol. The molecule has 180 valence electrons. The summed E-state index contributed by atoms with van der Waals surface area (Å²) in [7, 11) is 0. The van der Waals surface area contributed by atoms with Crippen molar-refractivity contribution in [3.05, 3.63) is 47.9 Å². The molecule has 1 atom stereocenters. The molecule has 0 bridgehead atoms. The van der Waals surface area contributed by atoms with Gasteiger partial charge in [-0.1, -0.05) is 19.9 Å². The van der Waals surface area contributed by atoms with Gasteiger partial charge >= 0.3 is 6.03 Å². The molecule has 7 heteroatoms. The summed E-state index contributed by atoms with van der Waals surface area (Å²) >= 11 is 0. The number of carbonyl (C=O) groups excluding carboxylic acids is 1. The molecule has 0 saturated carbocycles. The third-order valence-electron chi connectivity index (χ3n) is 7.40. The number of benzene rings is 1. The maximum Gasteiger partial charge on any atom is 0.321 e. The van der Waals surface area contributed by atoms with E-state index >= 15 is 0 Å². The third-order valence-corrected chi connectivity index (χ3v) is 7.40. The first-order chi connectivity index (χ1) is 16.4. The second-order valence-electron chi connectivity index (χ2n) is 10.0. The Hall–Kier alpha value is -3.06. The predicted octanol–water partition coefficient (Wildman–Crippen LogP) is 4.96. The van der Waals surface area contributed by atoms with E-state index in [9.17, 15) is 4.79 Å². The molecule has 0 aliphatic carbocycles. The Morgan fingerprint density at radius 3 is 2.65 bits per heavy atom. The van der Waals surface area contributed by atoms with E-state index < -0.39 is 0 Å². The zero-order valence-electron chi connectivity index (χ0n) is 20.7. The van der Waals surface area contributed by atoms with Crippen molar-refractivity contribution in [3.8, 4) is 11.1 Å². The lowest BCUT2D eigenvalue weighted by Gasteiger charge is -2.29. The minimum atomic E-state index is 0.000112. The Balaban J connectivity index is 1.46. The average Bonchev–Trinajstić information content (AvgIpc) is 3.51. The van der Waals surface area contributed by atoms with Crippen molar-refractivity contribution in [2.24, 2.45) is 11.8 Å². The number of nitrogens with zero attached hydrogens (tertiary/aromatic N) is 4. The number of carbonyl (C=O) groups is 1. The van der Waals surface area contributed by atoms with Crippen LogP contribution in [0.4, 0.5) is 16.2 Å². The SMILES string of the molecule is Cc1cc(C)c(-c2cc(N3CCOCC3)c3nccn3c2)cc1NC(=O)N1CCC(C(C)C)C1. The average molecular weight is 462 g/mol. The Bertz CT molecular complexity index is 1200. The van der Waals surface area contributed by atoms with Crippen molar-refractivity contribution in [1.29, 1.82) is 0 Å². The molecular weight excluding hydrogens is 426 g/mol. The maximum atomic E-state index is 13.1. The topological polar surface area (TPSA) is 62.1 Å². The van der Waals surface area contributed by atoms with Gasteiger partial charge < -0.3 is 24.3 Å². The van der Waals surface area contributed by atoms with Crippen LogP contribution < -0.4 is 10.2 Å². The highest BCUT2D eigenvalue weighted by atomic mass is 16.5. The molecule has 2 amide bonds. The first-order valence-electron chi connectivity index (χ1n) is 12.4. The summed E-state index contributed by atoms with van der Waals surface area (Å²) < 4.78 is 7.65. The van der Waals surface area contributed by atoms with Gasteiger partial charge in [-0.05, 0) is 60.9 Å². The largest absolute Gasteiger partial charge is 0.378 e. The van der Waals surface area contributed by atoms with Gasteiger partial charge in [0.25, 0.3) is 0 Å². The van der Waals surface area contributed by atoms with Crippen LogP contribution in [0.3, 0.4) is 0 Å². The van der Waals surface area contributed by atoms with Crippen LogP contribution in [-0.4, -0.2) is 59.7 Å². The van der Waals surface area contributed by atoms with Crippen LogP contribution in [0, 0.1) is 25.7 Å². The highest BCUT2D eigenvalue weighted by molar-refractivity contribution is 5.92. The first kappa shape index (κ1) is 22.7. The monoisotopic (exact) mass is 461 g/mol. The highest BCUT2D eigenvalue weighted by Gasteiger charge is 2.28. The number of aromatic nitrogens is 2. The third kappa shape index (κ3) is 4.37. The van der Waals surface area contributed by atoms with E-state index in [1.165, 1.54) is 5.56 Å². The summed E-state index contributed by atoms with van der Waals surface area (Å²) in [5, 5.41) is 3.20. The number of nitrogens with one attached hydrogen (secondary N) is 1. The fourth-order valence-corrected chi connectivity index (χ4v) is 5.21. The molecule has 2 fully saturated rings. The Kier molecular flexibility index (Phi) is 6.21. The zero-order chi connectivity index (χ0) is 23.8. The number of likely N-dealkylation sites (tertiary alicyclic amines) is 1. The van der Waals surface area contributed by atoms with Gasteiger partial charge in [0.15, 0.2) is 5.65 Å². The van der Waals surface area contributed by atoms with Crippen LogP contribution in [-0.2, 0) is 4.74 Å². The van der Waals surface area contributed by atoms with E-state index in [-0.39, 0.29) is 6.03 Å². The smallest absolute Gasteiger partial charge is 0.321 e. The van der Waals surface area contributed by atoms with Gasteiger partial charge in [0.2, 0.25) is 0 Å². The van der Waals surface area contributed by atoms with Crippen molar-refractivity contribution in [1.82, 2.24) is 14.3 Å². The number of fused-ring (bicyclic) bond motifs is 1. The van der Waals surface area contributed by atoms with Crippen LogP contribution in [0.2, 0.25) is 0 Å². The number of anilines is 2. The second-order valence-corrected chi connectivity index (χ2v) is 10.0. The van der Waals surface area contributed by atoms with Gasteiger partial charge in [-0.2, -0.15) is 0 Å². The van der Waals surface area contributed by atoms with Crippen molar-refractivity contribution in [3.63, 3.8) is 0 Å². The number of aryl methyl sites for hydroxylation is 2. The summed E-state index contributed by atoms with van der Waals surface area (Å²) in [6.45, 7) is 13.5. The molecule has 2 aliphatic heterocycles. The van der Waals surface area contributed by atoms with Crippen molar-refractivity contribution < 1.29 is 9.53 Å². The van der Waals surface area contributed by atoms with Crippen molar-refractivity contribution in [2.45, 2.75) is 34.1 Å². The Labute approximate surface area is 201 Å². The second kappa shape index (κ2) is 9.29. The number of urea groups is 1. The normalized spacial score (nSPS) is 18.8. The van der Waals surface area contributed by atoms with Crippen LogP contribution in [0.1, 0.15) is 31.4 Å². The van der Waals surface area contributed by atoms with Gasteiger partial charge in [0.05, 0.1) is 18.9 Å². The quantitative estimate of drug-likeness (QED) is 0.596. The lowest BCUT2D eigenvalue weighted by molar-refractivity contribution is 0.123. The lowest BCUT2D eigenvalue weighted by Crippen LogP contribution is -2.36. The fourth-order valence-electron chi connectivity index (χ4n) is 5.21. The molecule has 1 unspecified atom stereocenters. The van der Waals surface area contributed by atoms with E-state index in [1.807, 2.05) is 17.3 Å². The summed E-state index contributed by atoms with van der Waals surface area (Å²) in [6, 6.07) is 6.52. The van der Waals surface area contributed by atoms with Crippen LogP contribution >= 0.6 is 0 Å². The number of pyridine rings is 1. The van der Waals surface area contributed by atoms with Gasteiger partial charge in [-0.15, -0.1) is 0 Å². The van der Waals surface area contributed by atoms with Gasteiger partial charge in [-0.25, -0.2) is 9.78 Å². The molecular formula is C27H35N5O2. The van der Waals surface area contributed by atoms with E-state index in [2.05, 4.69) is 71.7 Å². The van der Waals surface area contributed by atoms with Gasteiger partial charge in [0.1, 0.15) is 0 Å². The van der Waals surface area contributed by atoms with E-state index in [0.717, 1.165) is 79.5 Å². The van der Waals surface area contributed by atoms with Crippen molar-refractivity contribution in [2.75, 3.05) is 49.6 Å². The fraction of sp³-hybridized carbons (Fsp3) is 0.481. The summed E-state index contributed by atoms with van der Waals surface area (Å²) in [5.41, 5.74) is 7.44. The molecule has 1 aromatic carbocycles.